The van der Waals surface area contributed by atoms with Crippen LogP contribution < -0.4 is 4.74 Å². The van der Waals surface area contributed by atoms with E-state index in [1.807, 2.05) is 36.5 Å². The van der Waals surface area contributed by atoms with Crippen molar-refractivity contribution in [2.24, 2.45) is 5.92 Å². The lowest BCUT2D eigenvalue weighted by molar-refractivity contribution is -0.140. The van der Waals surface area contributed by atoms with Gasteiger partial charge in [0, 0.05) is 41.4 Å². The molecule has 7 nitrogen and oxygen atoms in total. The van der Waals surface area contributed by atoms with Gasteiger partial charge in [0.05, 0.1) is 24.3 Å². The number of ether oxygens (including phenoxy) is 2. The number of nitrogens with zero attached hydrogens (tertiary/aromatic N) is 1. The van der Waals surface area contributed by atoms with E-state index < -0.39 is 17.7 Å². The van der Waals surface area contributed by atoms with Crippen molar-refractivity contribution in [3.63, 3.8) is 0 Å². The normalized spacial score (nSPS) is 22.0. The van der Waals surface area contributed by atoms with Crippen LogP contribution in [0.4, 0.5) is 0 Å². The molecule has 182 valence electrons. The summed E-state index contributed by atoms with van der Waals surface area (Å²) in [6.45, 7) is 5.59. The van der Waals surface area contributed by atoms with Gasteiger partial charge in [0.1, 0.15) is 11.5 Å². The largest absolute Gasteiger partial charge is 0.507 e. The molecule has 0 bridgehead atoms. The number of nitrogens with one attached hydrogen (secondary N) is 1. The van der Waals surface area contributed by atoms with E-state index in [0.29, 0.717) is 37.0 Å². The molecule has 0 saturated carbocycles. The maximum atomic E-state index is 13.4. The van der Waals surface area contributed by atoms with Crippen molar-refractivity contribution < 1.29 is 24.2 Å². The van der Waals surface area contributed by atoms with Crippen molar-refractivity contribution in [3.8, 4) is 5.75 Å². The first-order valence-corrected chi connectivity index (χ1v) is 12.1. The second-order valence-electron chi connectivity index (χ2n) is 9.61. The van der Waals surface area contributed by atoms with E-state index in [9.17, 15) is 14.7 Å². The SMILES string of the molecule is CC(C)COc1cccc(/C(O)=C2\C(=O)C(=O)N(CC3CCCO3)C2c2c[nH]c3ccccc23)c1. The molecule has 0 radical (unpaired) electrons. The number of likely N-dealkylation sites (tertiary alicyclic amines) is 1. The van der Waals surface area contributed by atoms with Gasteiger partial charge >= 0.3 is 0 Å². The van der Waals surface area contributed by atoms with Gasteiger partial charge in [-0.15, -0.1) is 0 Å². The Morgan fingerprint density at radius 3 is 2.80 bits per heavy atom. The minimum atomic E-state index is -0.726. The summed E-state index contributed by atoms with van der Waals surface area (Å²) in [7, 11) is 0. The highest BCUT2D eigenvalue weighted by Crippen LogP contribution is 2.42. The number of hydrogen-bond acceptors (Lipinski definition) is 5. The molecule has 1 amide bonds. The van der Waals surface area contributed by atoms with E-state index in [2.05, 4.69) is 18.8 Å². The average molecular weight is 475 g/mol. The molecular weight excluding hydrogens is 444 g/mol. The summed E-state index contributed by atoms with van der Waals surface area (Å²) in [4.78, 5) is 31.4. The molecule has 3 heterocycles. The van der Waals surface area contributed by atoms with Crippen LogP contribution in [0, 0.1) is 5.92 Å². The molecule has 2 aromatic carbocycles. The lowest BCUT2D eigenvalue weighted by Crippen LogP contribution is -2.36. The summed E-state index contributed by atoms with van der Waals surface area (Å²) in [6.07, 6.45) is 3.45. The van der Waals surface area contributed by atoms with Gasteiger partial charge in [-0.1, -0.05) is 44.2 Å². The Hall–Kier alpha value is -3.58. The summed E-state index contributed by atoms with van der Waals surface area (Å²) in [5, 5.41) is 12.3. The zero-order valence-corrected chi connectivity index (χ0v) is 20.0. The highest BCUT2D eigenvalue weighted by Gasteiger charge is 2.47. The lowest BCUT2D eigenvalue weighted by atomic mass is 9.94. The van der Waals surface area contributed by atoms with Crippen molar-refractivity contribution in [3.05, 3.63) is 71.4 Å². The number of para-hydroxylation sites is 1. The molecule has 2 N–H and O–H groups in total. The highest BCUT2D eigenvalue weighted by molar-refractivity contribution is 6.46. The average Bonchev–Trinajstić information content (AvgIpc) is 3.58. The standard InChI is InChI=1S/C28H30N2O5/c1-17(2)16-35-19-8-5-7-18(13-19)26(31)24-25(22-14-29-23-11-4-3-10-21(22)23)30(28(33)27(24)32)15-20-9-6-12-34-20/h3-5,7-8,10-11,13-14,17,20,25,29,31H,6,9,12,15-16H2,1-2H3/b26-24+. The van der Waals surface area contributed by atoms with Gasteiger partial charge in [0.25, 0.3) is 11.7 Å². The van der Waals surface area contributed by atoms with Gasteiger partial charge in [-0.25, -0.2) is 0 Å². The van der Waals surface area contributed by atoms with E-state index in [4.69, 9.17) is 9.47 Å². The number of aromatic nitrogens is 1. The van der Waals surface area contributed by atoms with E-state index in [0.717, 1.165) is 29.3 Å². The Morgan fingerprint density at radius 2 is 2.03 bits per heavy atom. The van der Waals surface area contributed by atoms with Gasteiger partial charge in [-0.3, -0.25) is 9.59 Å². The molecule has 1 aromatic heterocycles. The Labute approximate surface area is 204 Å². The van der Waals surface area contributed by atoms with E-state index in [1.54, 1.807) is 23.1 Å². The third-order valence-corrected chi connectivity index (χ3v) is 6.57. The molecule has 35 heavy (non-hydrogen) atoms. The number of Topliss-reactive ketones (excluding diaryl/α,β-unsaturated/α-hetero) is 1. The minimum Gasteiger partial charge on any atom is -0.507 e. The van der Waals surface area contributed by atoms with Gasteiger partial charge in [0.2, 0.25) is 0 Å². The first-order chi connectivity index (χ1) is 16.9. The molecule has 5 rings (SSSR count). The van der Waals surface area contributed by atoms with Crippen molar-refractivity contribution >= 4 is 28.4 Å². The van der Waals surface area contributed by atoms with Crippen LogP contribution in [-0.4, -0.2) is 52.5 Å². The first kappa shape index (κ1) is 23.2. The quantitative estimate of drug-likeness (QED) is 0.291. The number of rotatable bonds is 7. The molecule has 2 atom stereocenters. The van der Waals surface area contributed by atoms with Crippen LogP contribution >= 0.6 is 0 Å². The van der Waals surface area contributed by atoms with Crippen LogP contribution in [0.3, 0.4) is 0 Å². The number of aliphatic hydroxyl groups excluding tert-OH is 1. The summed E-state index contributed by atoms with van der Waals surface area (Å²) in [5.74, 6) is -0.575. The number of fused-ring (bicyclic) bond motifs is 1. The minimum absolute atomic E-state index is 0.0822. The first-order valence-electron chi connectivity index (χ1n) is 12.1. The third-order valence-electron chi connectivity index (χ3n) is 6.57. The molecule has 2 fully saturated rings. The number of amides is 1. The van der Waals surface area contributed by atoms with Crippen LogP contribution in [0.5, 0.6) is 5.75 Å². The van der Waals surface area contributed by atoms with E-state index >= 15 is 0 Å². The summed E-state index contributed by atoms with van der Waals surface area (Å²) >= 11 is 0. The second kappa shape index (κ2) is 9.58. The zero-order valence-electron chi connectivity index (χ0n) is 20.0. The van der Waals surface area contributed by atoms with Crippen molar-refractivity contribution in [1.82, 2.24) is 9.88 Å². The number of hydrogen-bond donors (Lipinski definition) is 2. The number of benzene rings is 2. The van der Waals surface area contributed by atoms with Crippen LogP contribution in [0.2, 0.25) is 0 Å². The summed E-state index contributed by atoms with van der Waals surface area (Å²) < 4.78 is 11.6. The Kier molecular flexibility index (Phi) is 6.34. The van der Waals surface area contributed by atoms with Gasteiger partial charge in [0.15, 0.2) is 0 Å². The second-order valence-corrected chi connectivity index (χ2v) is 9.61. The molecule has 2 aliphatic heterocycles. The molecule has 7 heteroatoms. The molecule has 3 aromatic rings. The molecule has 2 aliphatic rings. The Bertz CT molecular complexity index is 1290. The van der Waals surface area contributed by atoms with Crippen LogP contribution in [0.1, 0.15) is 43.9 Å². The topological polar surface area (TPSA) is 91.9 Å². The summed E-state index contributed by atoms with van der Waals surface area (Å²) in [6, 6.07) is 14.0. The Morgan fingerprint density at radius 1 is 1.20 bits per heavy atom. The predicted molar refractivity (Wildman–Crippen MR) is 133 cm³/mol. The fraction of sp³-hybridized carbons (Fsp3) is 0.357. The van der Waals surface area contributed by atoms with Gasteiger partial charge in [-0.2, -0.15) is 0 Å². The van der Waals surface area contributed by atoms with Crippen molar-refractivity contribution in [2.75, 3.05) is 19.8 Å². The molecule has 0 spiro atoms. The van der Waals surface area contributed by atoms with E-state index in [-0.39, 0.29) is 17.4 Å². The molecule has 0 aliphatic carbocycles. The summed E-state index contributed by atoms with van der Waals surface area (Å²) in [5.41, 5.74) is 2.19. The van der Waals surface area contributed by atoms with Crippen molar-refractivity contribution in [1.29, 1.82) is 0 Å². The highest BCUT2D eigenvalue weighted by atomic mass is 16.5. The number of aromatic amines is 1. The van der Waals surface area contributed by atoms with Crippen LogP contribution in [-0.2, 0) is 14.3 Å². The molecule has 2 saturated heterocycles. The monoisotopic (exact) mass is 474 g/mol. The van der Waals surface area contributed by atoms with Crippen molar-refractivity contribution in [2.45, 2.75) is 38.8 Å². The maximum absolute atomic E-state index is 13.4. The molecule has 2 unspecified atom stereocenters. The Balaban J connectivity index is 1.61. The third kappa shape index (κ3) is 4.44. The van der Waals surface area contributed by atoms with Gasteiger partial charge < -0.3 is 24.5 Å². The predicted octanol–water partition coefficient (Wildman–Crippen LogP) is 4.80. The number of carbonyl (C=O) groups excluding carboxylic acids is 2. The van der Waals surface area contributed by atoms with Crippen LogP contribution in [0.25, 0.3) is 16.7 Å². The maximum Gasteiger partial charge on any atom is 0.295 e. The van der Waals surface area contributed by atoms with Gasteiger partial charge in [-0.05, 0) is 37.0 Å². The fourth-order valence-corrected chi connectivity index (χ4v) is 4.87. The number of H-pyrrole nitrogens is 1. The smallest absolute Gasteiger partial charge is 0.295 e. The number of aliphatic hydroxyl groups is 1. The fourth-order valence-electron chi connectivity index (χ4n) is 4.87. The number of ketones is 1. The molecular formula is C28H30N2O5. The lowest BCUT2D eigenvalue weighted by Gasteiger charge is -2.27. The van der Waals surface area contributed by atoms with E-state index in [1.165, 1.54) is 0 Å². The van der Waals surface area contributed by atoms with Crippen LogP contribution in [0.15, 0.2) is 60.3 Å². The zero-order chi connectivity index (χ0) is 24.5. The number of carbonyl (C=O) groups is 2.